The molecule has 2 aliphatic heterocycles. The lowest BCUT2D eigenvalue weighted by molar-refractivity contribution is -0.0865. The fourth-order valence-corrected chi connectivity index (χ4v) is 6.13. The predicted molar refractivity (Wildman–Crippen MR) is 100 cm³/mol. The van der Waals surface area contributed by atoms with Gasteiger partial charge in [-0.05, 0) is 30.9 Å². The van der Waals surface area contributed by atoms with Crippen LogP contribution < -0.4 is 0 Å². The van der Waals surface area contributed by atoms with Gasteiger partial charge in [-0.1, -0.05) is 0 Å². The zero-order valence-electron chi connectivity index (χ0n) is 14.9. The van der Waals surface area contributed by atoms with Crippen LogP contribution in [0.25, 0.3) is 10.6 Å². The number of fused-ring (bicyclic) bond motifs is 2. The largest absolute Gasteiger partial charge is 0.369 e. The molecule has 0 N–H and O–H groups in total. The minimum absolute atomic E-state index is 0.378. The molecule has 1 saturated heterocycles. The van der Waals surface area contributed by atoms with Gasteiger partial charge < -0.3 is 4.74 Å². The van der Waals surface area contributed by atoms with Crippen molar-refractivity contribution in [1.82, 2.24) is 18.6 Å². The monoisotopic (exact) mass is 394 g/mol. The lowest BCUT2D eigenvalue weighted by atomic mass is 9.86. The Morgan fingerprint density at radius 2 is 2.04 bits per heavy atom. The van der Waals surface area contributed by atoms with Crippen LogP contribution in [0, 0.1) is 0 Å². The van der Waals surface area contributed by atoms with E-state index in [-0.39, 0.29) is 5.60 Å². The molecule has 0 saturated carbocycles. The quantitative estimate of drug-likeness (QED) is 0.794. The Hall–Kier alpha value is -1.39. The topological polar surface area (TPSA) is 75.6 Å². The summed E-state index contributed by atoms with van der Waals surface area (Å²) in [4.78, 5) is 10.9. The van der Waals surface area contributed by atoms with Crippen LogP contribution >= 0.6 is 11.3 Å². The van der Waals surface area contributed by atoms with E-state index in [9.17, 15) is 8.42 Å². The standard InChI is InChI=1S/C17H22N4O3S2/c1-20(2)26(22,23)21-8-4-17(5-9-21)16-13(3-10-24-17)11-15(25-16)14-12-18-6-7-19-14/h6-7,11-12H,3-5,8-10H2,1-2H3. The second kappa shape index (κ2) is 6.65. The van der Waals surface area contributed by atoms with E-state index >= 15 is 0 Å². The van der Waals surface area contributed by atoms with Crippen LogP contribution in [0.5, 0.6) is 0 Å². The third-order valence-corrected chi connectivity index (χ3v) is 8.43. The molecular formula is C17H22N4O3S2. The van der Waals surface area contributed by atoms with Crippen molar-refractivity contribution in [1.29, 1.82) is 0 Å². The van der Waals surface area contributed by atoms with Crippen molar-refractivity contribution in [3.05, 3.63) is 35.1 Å². The zero-order chi connectivity index (χ0) is 18.4. The summed E-state index contributed by atoms with van der Waals surface area (Å²) in [5, 5.41) is 0. The highest BCUT2D eigenvalue weighted by Crippen LogP contribution is 2.47. The highest BCUT2D eigenvalue weighted by Gasteiger charge is 2.44. The summed E-state index contributed by atoms with van der Waals surface area (Å²) < 4.78 is 33.8. The summed E-state index contributed by atoms with van der Waals surface area (Å²) in [6, 6.07) is 2.19. The number of aromatic nitrogens is 2. The Bertz CT molecular complexity index is 888. The molecule has 0 amide bonds. The van der Waals surface area contributed by atoms with Crippen molar-refractivity contribution in [2.75, 3.05) is 33.8 Å². The molecule has 26 heavy (non-hydrogen) atoms. The van der Waals surface area contributed by atoms with E-state index in [0.717, 1.165) is 17.0 Å². The molecule has 2 aromatic rings. The van der Waals surface area contributed by atoms with Crippen molar-refractivity contribution in [2.45, 2.75) is 24.9 Å². The Balaban J connectivity index is 1.62. The molecule has 1 spiro atoms. The highest BCUT2D eigenvalue weighted by atomic mass is 32.2. The molecule has 2 aromatic heterocycles. The van der Waals surface area contributed by atoms with Gasteiger partial charge in [-0.3, -0.25) is 9.97 Å². The number of nitrogens with zero attached hydrogens (tertiary/aromatic N) is 4. The molecule has 0 radical (unpaired) electrons. The van der Waals surface area contributed by atoms with Gasteiger partial charge in [-0.25, -0.2) is 0 Å². The Labute approximate surface area is 157 Å². The van der Waals surface area contributed by atoms with E-state index < -0.39 is 10.2 Å². The molecule has 9 heteroatoms. The normalized spacial score (nSPS) is 20.4. The van der Waals surface area contributed by atoms with Gasteiger partial charge in [0.25, 0.3) is 10.2 Å². The summed E-state index contributed by atoms with van der Waals surface area (Å²) in [6.45, 7) is 1.61. The fourth-order valence-electron chi connectivity index (χ4n) is 3.66. The Morgan fingerprint density at radius 3 is 2.69 bits per heavy atom. The maximum atomic E-state index is 12.4. The smallest absolute Gasteiger partial charge is 0.281 e. The summed E-state index contributed by atoms with van der Waals surface area (Å²) in [7, 11) is -0.233. The first-order valence-electron chi connectivity index (χ1n) is 8.63. The third-order valence-electron chi connectivity index (χ3n) is 5.11. The molecule has 4 heterocycles. The molecule has 1 fully saturated rings. The molecule has 4 rings (SSSR count). The minimum atomic E-state index is -3.37. The van der Waals surface area contributed by atoms with E-state index in [1.807, 2.05) is 0 Å². The van der Waals surface area contributed by atoms with Gasteiger partial charge >= 0.3 is 0 Å². The van der Waals surface area contributed by atoms with Crippen molar-refractivity contribution >= 4 is 21.5 Å². The average molecular weight is 395 g/mol. The molecule has 7 nitrogen and oxygen atoms in total. The van der Waals surface area contributed by atoms with Crippen LogP contribution in [-0.2, 0) is 27.0 Å². The first-order valence-corrected chi connectivity index (χ1v) is 10.8. The second-order valence-electron chi connectivity index (χ2n) is 6.84. The van der Waals surface area contributed by atoms with Crippen LogP contribution in [0.4, 0.5) is 0 Å². The van der Waals surface area contributed by atoms with Gasteiger partial charge in [-0.2, -0.15) is 17.0 Å². The molecule has 140 valence electrons. The third kappa shape index (κ3) is 2.97. The van der Waals surface area contributed by atoms with Gasteiger partial charge in [0.05, 0.1) is 23.4 Å². The first-order chi connectivity index (χ1) is 12.4. The van der Waals surface area contributed by atoms with Gasteiger partial charge in [-0.15, -0.1) is 11.3 Å². The maximum absolute atomic E-state index is 12.4. The average Bonchev–Trinajstić information content (AvgIpc) is 3.09. The molecule has 0 bridgehead atoms. The van der Waals surface area contributed by atoms with Gasteiger partial charge in [0, 0.05) is 44.5 Å². The van der Waals surface area contributed by atoms with E-state index in [4.69, 9.17) is 4.74 Å². The number of ether oxygens (including phenoxy) is 1. The number of thiophene rings is 1. The Morgan fingerprint density at radius 1 is 1.27 bits per heavy atom. The maximum Gasteiger partial charge on any atom is 0.281 e. The van der Waals surface area contributed by atoms with Crippen molar-refractivity contribution in [2.24, 2.45) is 0 Å². The molecule has 0 aliphatic carbocycles. The van der Waals surface area contributed by atoms with Crippen LogP contribution in [-0.4, -0.2) is 60.8 Å². The fraction of sp³-hybridized carbons (Fsp3) is 0.529. The van der Waals surface area contributed by atoms with Gasteiger partial charge in [0.1, 0.15) is 5.60 Å². The zero-order valence-corrected chi connectivity index (χ0v) is 16.5. The summed E-state index contributed by atoms with van der Waals surface area (Å²) in [5.74, 6) is 0. The molecule has 2 aliphatic rings. The van der Waals surface area contributed by atoms with E-state index in [0.29, 0.717) is 32.5 Å². The van der Waals surface area contributed by atoms with Gasteiger partial charge in [0.15, 0.2) is 0 Å². The molecule has 0 atom stereocenters. The number of hydrogen-bond donors (Lipinski definition) is 0. The summed E-state index contributed by atoms with van der Waals surface area (Å²) in [5.41, 5.74) is 1.79. The van der Waals surface area contributed by atoms with Crippen LogP contribution in [0.15, 0.2) is 24.7 Å². The minimum Gasteiger partial charge on any atom is -0.369 e. The lowest BCUT2D eigenvalue weighted by Gasteiger charge is -2.43. The SMILES string of the molecule is CN(C)S(=O)(=O)N1CCC2(CC1)OCCc1cc(-c3cnccn3)sc12. The Kier molecular flexibility index (Phi) is 4.60. The van der Waals surface area contributed by atoms with Crippen molar-refractivity contribution < 1.29 is 13.2 Å². The van der Waals surface area contributed by atoms with E-state index in [2.05, 4.69) is 16.0 Å². The van der Waals surface area contributed by atoms with Crippen LogP contribution in [0.2, 0.25) is 0 Å². The number of hydrogen-bond acceptors (Lipinski definition) is 6. The second-order valence-corrected chi connectivity index (χ2v) is 10.0. The van der Waals surface area contributed by atoms with Crippen molar-refractivity contribution in [3.8, 4) is 10.6 Å². The molecule has 0 aromatic carbocycles. The highest BCUT2D eigenvalue weighted by molar-refractivity contribution is 7.86. The number of rotatable bonds is 3. The molecular weight excluding hydrogens is 372 g/mol. The summed E-state index contributed by atoms with van der Waals surface area (Å²) in [6.07, 6.45) is 7.37. The summed E-state index contributed by atoms with van der Waals surface area (Å²) >= 11 is 1.70. The number of piperidine rings is 1. The first kappa shape index (κ1) is 18.0. The van der Waals surface area contributed by atoms with Crippen molar-refractivity contribution in [3.63, 3.8) is 0 Å². The molecule has 0 unspecified atom stereocenters. The predicted octanol–water partition coefficient (Wildman–Crippen LogP) is 1.88. The lowest BCUT2D eigenvalue weighted by Crippen LogP contribution is -2.50. The van der Waals surface area contributed by atoms with Crippen LogP contribution in [0.1, 0.15) is 23.3 Å². The van der Waals surface area contributed by atoms with Gasteiger partial charge in [0.2, 0.25) is 0 Å². The van der Waals surface area contributed by atoms with E-state index in [1.54, 1.807) is 48.3 Å². The van der Waals surface area contributed by atoms with Crippen LogP contribution in [0.3, 0.4) is 0 Å². The van der Waals surface area contributed by atoms with E-state index in [1.165, 1.54) is 14.7 Å².